The lowest BCUT2D eigenvalue weighted by molar-refractivity contribution is -0.157. The summed E-state index contributed by atoms with van der Waals surface area (Å²) in [6.45, 7) is 5.23. The van der Waals surface area contributed by atoms with Gasteiger partial charge in [0, 0.05) is 18.4 Å². The van der Waals surface area contributed by atoms with Crippen molar-refractivity contribution in [1.29, 1.82) is 0 Å². The molecule has 1 rings (SSSR count). The normalized spacial score (nSPS) is 14.4. The summed E-state index contributed by atoms with van der Waals surface area (Å²) in [5.41, 5.74) is 5.75. The maximum absolute atomic E-state index is 12.3. The van der Waals surface area contributed by atoms with E-state index in [1.165, 1.54) is 6.20 Å². The van der Waals surface area contributed by atoms with Gasteiger partial charge < -0.3 is 15.6 Å². The fourth-order valence-corrected chi connectivity index (χ4v) is 1.80. The number of pyridine rings is 1. The second kappa shape index (κ2) is 6.47. The number of ether oxygens (including phenoxy) is 1. The third kappa shape index (κ3) is 4.97. The number of carbonyl (C=O) groups excluding carboxylic acids is 1. The first-order valence-corrected chi connectivity index (χ1v) is 6.31. The van der Waals surface area contributed by atoms with Gasteiger partial charge in [-0.15, -0.1) is 0 Å². The highest BCUT2D eigenvalue weighted by Gasteiger charge is 2.33. The zero-order valence-corrected chi connectivity index (χ0v) is 11.9. The first-order chi connectivity index (χ1) is 9.20. The fraction of sp³-hybridized carbons (Fsp3) is 0.500. The molecule has 0 aliphatic rings. The first-order valence-electron chi connectivity index (χ1n) is 6.31. The van der Waals surface area contributed by atoms with Crippen LogP contribution in [0, 0.1) is 0 Å². The molecule has 1 aromatic rings. The van der Waals surface area contributed by atoms with Crippen molar-refractivity contribution in [2.45, 2.75) is 44.8 Å². The summed E-state index contributed by atoms with van der Waals surface area (Å²) >= 11 is 0. The van der Waals surface area contributed by atoms with Crippen LogP contribution >= 0.6 is 0 Å². The Morgan fingerprint density at radius 3 is 2.55 bits per heavy atom. The summed E-state index contributed by atoms with van der Waals surface area (Å²) in [6, 6.07) is 2.48. The van der Waals surface area contributed by atoms with E-state index in [-0.39, 0.29) is 6.42 Å². The van der Waals surface area contributed by atoms with Gasteiger partial charge in [-0.05, 0) is 32.4 Å². The largest absolute Gasteiger partial charge is 0.481 e. The van der Waals surface area contributed by atoms with Crippen LogP contribution in [0.3, 0.4) is 0 Å². The maximum atomic E-state index is 12.3. The highest BCUT2D eigenvalue weighted by atomic mass is 16.6. The number of hydrogen-bond donors (Lipinski definition) is 2. The monoisotopic (exact) mass is 280 g/mol. The van der Waals surface area contributed by atoms with E-state index in [0.717, 1.165) is 0 Å². The maximum Gasteiger partial charge on any atom is 0.315 e. The van der Waals surface area contributed by atoms with Crippen LogP contribution < -0.4 is 5.73 Å². The van der Waals surface area contributed by atoms with Crippen molar-refractivity contribution in [3.8, 4) is 0 Å². The van der Waals surface area contributed by atoms with Crippen LogP contribution in [0.15, 0.2) is 24.5 Å². The van der Waals surface area contributed by atoms with Gasteiger partial charge in [0.05, 0.1) is 12.3 Å². The molecule has 1 aromatic heterocycles. The lowest BCUT2D eigenvalue weighted by Crippen LogP contribution is -2.39. The van der Waals surface area contributed by atoms with Crippen molar-refractivity contribution in [3.63, 3.8) is 0 Å². The van der Waals surface area contributed by atoms with Crippen molar-refractivity contribution in [1.82, 2.24) is 4.98 Å². The Balaban J connectivity index is 3.02. The molecule has 6 heteroatoms. The quantitative estimate of drug-likeness (QED) is 0.788. The Morgan fingerprint density at radius 1 is 1.45 bits per heavy atom. The van der Waals surface area contributed by atoms with E-state index in [9.17, 15) is 9.59 Å². The van der Waals surface area contributed by atoms with Crippen LogP contribution in [-0.2, 0) is 14.3 Å². The van der Waals surface area contributed by atoms with Crippen molar-refractivity contribution in [2.24, 2.45) is 5.73 Å². The summed E-state index contributed by atoms with van der Waals surface area (Å²) in [5.74, 6) is -2.45. The third-order valence-corrected chi connectivity index (χ3v) is 2.54. The molecule has 3 N–H and O–H groups in total. The number of esters is 1. The van der Waals surface area contributed by atoms with E-state index in [2.05, 4.69) is 4.98 Å². The molecular formula is C14H20N2O4. The Labute approximate surface area is 118 Å². The summed E-state index contributed by atoms with van der Waals surface area (Å²) in [7, 11) is 0. The molecule has 0 radical (unpaired) electrons. The lowest BCUT2D eigenvalue weighted by Gasteiger charge is -2.26. The van der Waals surface area contributed by atoms with E-state index in [4.69, 9.17) is 15.6 Å². The summed E-state index contributed by atoms with van der Waals surface area (Å²) in [5, 5.41) is 8.85. The molecule has 0 saturated carbocycles. The number of aliphatic carboxylic acids is 1. The topological polar surface area (TPSA) is 103 Å². The molecule has 110 valence electrons. The predicted molar refractivity (Wildman–Crippen MR) is 73.1 cm³/mol. The average Bonchev–Trinajstić information content (AvgIpc) is 2.26. The first kappa shape index (κ1) is 16.1. The third-order valence-electron chi connectivity index (χ3n) is 2.54. The molecule has 0 aliphatic carbocycles. The van der Waals surface area contributed by atoms with E-state index >= 15 is 0 Å². The zero-order valence-electron chi connectivity index (χ0n) is 11.9. The molecule has 6 nitrogen and oxygen atoms in total. The van der Waals surface area contributed by atoms with Gasteiger partial charge in [-0.1, -0.05) is 6.07 Å². The van der Waals surface area contributed by atoms with E-state index < -0.39 is 29.5 Å². The van der Waals surface area contributed by atoms with Crippen LogP contribution in [0.1, 0.15) is 38.7 Å². The molecule has 2 atom stereocenters. The van der Waals surface area contributed by atoms with Gasteiger partial charge in [0.2, 0.25) is 0 Å². The predicted octanol–water partition coefficient (Wildman–Crippen LogP) is 1.31. The van der Waals surface area contributed by atoms with Gasteiger partial charge in [-0.25, -0.2) is 0 Å². The fourth-order valence-electron chi connectivity index (χ4n) is 1.80. The Morgan fingerprint density at radius 2 is 2.10 bits per heavy atom. The second-order valence-electron chi connectivity index (χ2n) is 5.56. The minimum atomic E-state index is -1.06. The number of nitrogens with two attached hydrogens (primary N) is 1. The van der Waals surface area contributed by atoms with E-state index in [1.807, 2.05) is 0 Å². The summed E-state index contributed by atoms with van der Waals surface area (Å²) < 4.78 is 5.32. The van der Waals surface area contributed by atoms with Crippen molar-refractivity contribution < 1.29 is 19.4 Å². The molecule has 0 unspecified atom stereocenters. The van der Waals surface area contributed by atoms with E-state index in [1.54, 1.807) is 39.1 Å². The lowest BCUT2D eigenvalue weighted by atomic mass is 9.91. The van der Waals surface area contributed by atoms with Crippen LogP contribution in [0.2, 0.25) is 0 Å². The van der Waals surface area contributed by atoms with Gasteiger partial charge in [0.25, 0.3) is 0 Å². The summed E-state index contributed by atoms with van der Waals surface area (Å²) in [4.78, 5) is 27.0. The zero-order chi connectivity index (χ0) is 15.3. The Bertz CT molecular complexity index is 468. The van der Waals surface area contributed by atoms with Gasteiger partial charge in [0.1, 0.15) is 5.60 Å². The number of nitrogens with zero attached hydrogens (tertiary/aromatic N) is 1. The molecule has 0 spiro atoms. The van der Waals surface area contributed by atoms with Crippen molar-refractivity contribution >= 4 is 11.9 Å². The molecular weight excluding hydrogens is 260 g/mol. The SMILES string of the molecule is CC(C)(C)OC(=O)[C@@H](c1cccnc1)[C@@H](N)CC(=O)O. The standard InChI is InChI=1S/C14H20N2O4/c1-14(2,3)20-13(19)12(10(15)7-11(17)18)9-5-4-6-16-8-9/h4-6,8,10,12H,7,15H2,1-3H3,(H,17,18)/t10-,12-/m0/s1. The minimum absolute atomic E-state index is 0.321. The highest BCUT2D eigenvalue weighted by molar-refractivity contribution is 5.80. The number of rotatable bonds is 5. The van der Waals surface area contributed by atoms with Crippen LogP contribution in [0.5, 0.6) is 0 Å². The number of carboxylic acid groups (broad SMARTS) is 1. The molecule has 0 fully saturated rings. The molecule has 0 amide bonds. The molecule has 0 saturated heterocycles. The Hall–Kier alpha value is -1.95. The minimum Gasteiger partial charge on any atom is -0.481 e. The van der Waals surface area contributed by atoms with Crippen LogP contribution in [-0.4, -0.2) is 33.7 Å². The van der Waals surface area contributed by atoms with Crippen molar-refractivity contribution in [2.75, 3.05) is 0 Å². The molecule has 0 aliphatic heterocycles. The van der Waals surface area contributed by atoms with Crippen molar-refractivity contribution in [3.05, 3.63) is 30.1 Å². The van der Waals surface area contributed by atoms with Gasteiger partial charge in [-0.3, -0.25) is 14.6 Å². The molecule has 1 heterocycles. The second-order valence-corrected chi connectivity index (χ2v) is 5.56. The smallest absolute Gasteiger partial charge is 0.315 e. The molecule has 0 bridgehead atoms. The Kier molecular flexibility index (Phi) is 5.21. The number of aromatic nitrogens is 1. The highest BCUT2D eigenvalue weighted by Crippen LogP contribution is 2.24. The van der Waals surface area contributed by atoms with Crippen LogP contribution in [0.25, 0.3) is 0 Å². The number of carboxylic acids is 1. The molecule has 0 aromatic carbocycles. The van der Waals surface area contributed by atoms with Gasteiger partial charge in [-0.2, -0.15) is 0 Å². The van der Waals surface area contributed by atoms with E-state index in [0.29, 0.717) is 5.56 Å². The number of carbonyl (C=O) groups is 2. The van der Waals surface area contributed by atoms with Gasteiger partial charge >= 0.3 is 11.9 Å². The number of hydrogen-bond acceptors (Lipinski definition) is 5. The van der Waals surface area contributed by atoms with Gasteiger partial charge in [0.15, 0.2) is 0 Å². The van der Waals surface area contributed by atoms with Crippen LogP contribution in [0.4, 0.5) is 0 Å². The average molecular weight is 280 g/mol. The summed E-state index contributed by atoms with van der Waals surface area (Å²) in [6.07, 6.45) is 2.74. The molecule has 20 heavy (non-hydrogen) atoms.